The number of nitrogens with one attached hydrogen (secondary N) is 1. The number of anilines is 1. The molecule has 0 atom stereocenters. The van der Waals surface area contributed by atoms with Gasteiger partial charge in [-0.3, -0.25) is 10.1 Å². The van der Waals surface area contributed by atoms with Crippen molar-refractivity contribution >= 4 is 44.6 Å². The number of fused-ring (bicyclic) bond motifs is 1. The summed E-state index contributed by atoms with van der Waals surface area (Å²) in [5, 5.41) is 2.98. The van der Waals surface area contributed by atoms with Gasteiger partial charge in [-0.25, -0.2) is 9.78 Å². The highest BCUT2D eigenvalue weighted by Gasteiger charge is 2.30. The lowest BCUT2D eigenvalue weighted by Gasteiger charge is -2.07. The lowest BCUT2D eigenvalue weighted by atomic mass is 10.1. The van der Waals surface area contributed by atoms with E-state index in [0.717, 1.165) is 12.1 Å². The number of esters is 1. The molecule has 0 saturated carbocycles. The first-order valence-electron chi connectivity index (χ1n) is 10.1. The van der Waals surface area contributed by atoms with E-state index < -0.39 is 23.6 Å². The minimum atomic E-state index is -4.45. The van der Waals surface area contributed by atoms with Gasteiger partial charge < -0.3 is 9.15 Å². The summed E-state index contributed by atoms with van der Waals surface area (Å²) in [5.74, 6) is -0.364. The van der Waals surface area contributed by atoms with Gasteiger partial charge in [-0.2, -0.15) is 13.2 Å². The maximum Gasteiger partial charge on any atom is 0.416 e. The molecular weight excluding hydrogens is 469 g/mol. The van der Waals surface area contributed by atoms with Gasteiger partial charge in [0.1, 0.15) is 11.5 Å². The predicted molar refractivity (Wildman–Crippen MR) is 122 cm³/mol. The minimum absolute atomic E-state index is 0.245. The van der Waals surface area contributed by atoms with Crippen molar-refractivity contribution in [3.8, 4) is 11.3 Å². The molecule has 6 nitrogen and oxygen atoms in total. The fourth-order valence-corrected chi connectivity index (χ4v) is 3.98. The third-order valence-electron chi connectivity index (χ3n) is 4.63. The summed E-state index contributed by atoms with van der Waals surface area (Å²) in [5.41, 5.74) is 0.512. The summed E-state index contributed by atoms with van der Waals surface area (Å²) < 4.78 is 50.0. The fourth-order valence-electron chi connectivity index (χ4n) is 3.07. The quantitative estimate of drug-likeness (QED) is 0.252. The van der Waals surface area contributed by atoms with Crippen LogP contribution >= 0.6 is 11.3 Å². The molecule has 0 spiro atoms. The van der Waals surface area contributed by atoms with Gasteiger partial charge in [0.2, 0.25) is 5.91 Å². The number of carbonyl (C=O) groups excluding carboxylic acids is 2. The van der Waals surface area contributed by atoms with Crippen molar-refractivity contribution < 1.29 is 31.9 Å². The third-order valence-corrected chi connectivity index (χ3v) is 5.56. The van der Waals surface area contributed by atoms with E-state index in [1.807, 2.05) is 0 Å². The number of aromatic nitrogens is 1. The van der Waals surface area contributed by atoms with E-state index in [1.54, 1.807) is 31.2 Å². The Morgan fingerprint density at radius 3 is 2.74 bits per heavy atom. The van der Waals surface area contributed by atoms with Crippen LogP contribution in [0.15, 0.2) is 65.1 Å². The largest absolute Gasteiger partial charge is 0.462 e. The first-order chi connectivity index (χ1) is 16.2. The van der Waals surface area contributed by atoms with E-state index in [9.17, 15) is 22.8 Å². The van der Waals surface area contributed by atoms with Crippen LogP contribution in [0.3, 0.4) is 0 Å². The van der Waals surface area contributed by atoms with Crippen LogP contribution in [-0.2, 0) is 15.7 Å². The van der Waals surface area contributed by atoms with Crippen molar-refractivity contribution in [2.45, 2.75) is 13.1 Å². The molecule has 0 aliphatic heterocycles. The number of alkyl halides is 3. The van der Waals surface area contributed by atoms with E-state index in [2.05, 4.69) is 10.3 Å². The van der Waals surface area contributed by atoms with Crippen molar-refractivity contribution in [1.29, 1.82) is 0 Å². The zero-order chi connectivity index (χ0) is 24.3. The molecule has 1 amide bonds. The topological polar surface area (TPSA) is 81.4 Å². The van der Waals surface area contributed by atoms with Gasteiger partial charge in [0, 0.05) is 11.6 Å². The van der Waals surface area contributed by atoms with Crippen molar-refractivity contribution in [3.63, 3.8) is 0 Å². The molecule has 34 heavy (non-hydrogen) atoms. The molecule has 0 unspecified atom stereocenters. The molecule has 2 aromatic heterocycles. The second-order valence-corrected chi connectivity index (χ2v) is 8.06. The Kier molecular flexibility index (Phi) is 6.51. The molecule has 0 aliphatic carbocycles. The van der Waals surface area contributed by atoms with Crippen molar-refractivity contribution in [1.82, 2.24) is 4.98 Å². The predicted octanol–water partition coefficient (Wildman–Crippen LogP) is 6.40. The summed E-state index contributed by atoms with van der Waals surface area (Å²) in [6.07, 6.45) is -1.83. The molecule has 1 N–H and O–H groups in total. The van der Waals surface area contributed by atoms with Crippen molar-refractivity contribution in [2.75, 3.05) is 11.9 Å². The standard InChI is InChI=1S/C24H17F3N2O4S/c1-2-32-22(31)15-6-9-18-20(13-15)34-23(28-18)29-21(30)11-8-17-7-10-19(33-17)14-4-3-5-16(12-14)24(25,26)27/h3-13H,2H2,1H3,(H,28,29,30)/b11-8+. The van der Waals surface area contributed by atoms with Crippen LogP contribution in [0.25, 0.3) is 27.6 Å². The zero-order valence-corrected chi connectivity index (χ0v) is 18.5. The number of nitrogens with zero attached hydrogens (tertiary/aromatic N) is 1. The van der Waals surface area contributed by atoms with Crippen molar-refractivity contribution in [2.24, 2.45) is 0 Å². The molecule has 0 aliphatic rings. The number of carbonyl (C=O) groups is 2. The molecular formula is C24H17F3N2O4S. The highest BCUT2D eigenvalue weighted by molar-refractivity contribution is 7.22. The van der Waals surface area contributed by atoms with Crippen LogP contribution in [0, 0.1) is 0 Å². The molecule has 174 valence electrons. The van der Waals surface area contributed by atoms with E-state index >= 15 is 0 Å². The lowest BCUT2D eigenvalue weighted by molar-refractivity contribution is -0.137. The second kappa shape index (κ2) is 9.52. The van der Waals surface area contributed by atoms with Crippen LogP contribution in [0.4, 0.5) is 18.3 Å². The van der Waals surface area contributed by atoms with Gasteiger partial charge >= 0.3 is 12.1 Å². The number of halogens is 3. The Hall–Kier alpha value is -3.92. The summed E-state index contributed by atoms with van der Waals surface area (Å²) in [7, 11) is 0. The Bertz CT molecular complexity index is 1390. The van der Waals surface area contributed by atoms with E-state index in [0.29, 0.717) is 26.7 Å². The monoisotopic (exact) mass is 486 g/mol. The van der Waals surface area contributed by atoms with Gasteiger partial charge in [-0.1, -0.05) is 23.5 Å². The Labute approximate surface area is 195 Å². The van der Waals surface area contributed by atoms with Gasteiger partial charge in [-0.15, -0.1) is 0 Å². The van der Waals surface area contributed by atoms with Crippen LogP contribution in [0.2, 0.25) is 0 Å². The SMILES string of the molecule is CCOC(=O)c1ccc2nc(NC(=O)/C=C/c3ccc(-c4cccc(C(F)(F)F)c4)o3)sc2c1. The average Bonchev–Trinajstić information content (AvgIpc) is 3.43. The summed E-state index contributed by atoms with van der Waals surface area (Å²) in [6, 6.07) is 12.8. The number of hydrogen-bond acceptors (Lipinski definition) is 6. The van der Waals surface area contributed by atoms with Gasteiger partial charge in [0.15, 0.2) is 5.13 Å². The summed E-state index contributed by atoms with van der Waals surface area (Å²) in [6.45, 7) is 1.99. The van der Waals surface area contributed by atoms with Gasteiger partial charge in [-0.05, 0) is 55.5 Å². The maximum absolute atomic E-state index is 12.9. The number of thiazole rings is 1. The maximum atomic E-state index is 12.9. The fraction of sp³-hybridized carbons (Fsp3) is 0.125. The first kappa shape index (κ1) is 23.2. The highest BCUT2D eigenvalue weighted by Crippen LogP contribution is 2.33. The first-order valence-corrected chi connectivity index (χ1v) is 10.9. The van der Waals surface area contributed by atoms with Crippen molar-refractivity contribution in [3.05, 3.63) is 77.6 Å². The Balaban J connectivity index is 1.43. The van der Waals surface area contributed by atoms with E-state index in [1.165, 1.54) is 41.7 Å². The smallest absolute Gasteiger partial charge is 0.416 e. The second-order valence-electron chi connectivity index (χ2n) is 7.03. The molecule has 4 aromatic rings. The Morgan fingerprint density at radius 2 is 1.97 bits per heavy atom. The molecule has 0 saturated heterocycles. The normalized spacial score (nSPS) is 11.8. The number of furan rings is 1. The zero-order valence-electron chi connectivity index (χ0n) is 17.7. The molecule has 0 radical (unpaired) electrons. The summed E-state index contributed by atoms with van der Waals surface area (Å²) in [4.78, 5) is 28.5. The molecule has 0 fully saturated rings. The van der Waals surface area contributed by atoms with Crippen LogP contribution in [0.1, 0.15) is 28.6 Å². The van der Waals surface area contributed by atoms with Gasteiger partial charge in [0.25, 0.3) is 0 Å². The molecule has 2 aromatic carbocycles. The van der Waals surface area contributed by atoms with Crippen LogP contribution in [0.5, 0.6) is 0 Å². The van der Waals surface area contributed by atoms with Crippen LogP contribution < -0.4 is 5.32 Å². The molecule has 0 bridgehead atoms. The number of amides is 1. The molecule has 10 heteroatoms. The number of rotatable bonds is 6. The van der Waals surface area contributed by atoms with E-state index in [4.69, 9.17) is 9.15 Å². The minimum Gasteiger partial charge on any atom is -0.462 e. The average molecular weight is 486 g/mol. The molecule has 2 heterocycles. The lowest BCUT2D eigenvalue weighted by Crippen LogP contribution is -2.07. The number of benzene rings is 2. The highest BCUT2D eigenvalue weighted by atomic mass is 32.1. The number of hydrogen-bond donors (Lipinski definition) is 1. The molecule has 4 rings (SSSR count). The summed E-state index contributed by atoms with van der Waals surface area (Å²) >= 11 is 1.20. The third kappa shape index (κ3) is 5.34. The Morgan fingerprint density at radius 1 is 1.15 bits per heavy atom. The van der Waals surface area contributed by atoms with Crippen LogP contribution in [-0.4, -0.2) is 23.5 Å². The number of ether oxygens (including phenoxy) is 1. The van der Waals surface area contributed by atoms with E-state index in [-0.39, 0.29) is 17.9 Å². The van der Waals surface area contributed by atoms with Gasteiger partial charge in [0.05, 0.1) is 28.0 Å².